The fourth-order valence-corrected chi connectivity index (χ4v) is 3.49. The van der Waals surface area contributed by atoms with Crippen molar-refractivity contribution in [2.75, 3.05) is 11.9 Å². The summed E-state index contributed by atoms with van der Waals surface area (Å²) in [6.07, 6.45) is 0. The molecule has 0 saturated heterocycles. The van der Waals surface area contributed by atoms with Gasteiger partial charge in [-0.3, -0.25) is 0 Å². The summed E-state index contributed by atoms with van der Waals surface area (Å²) in [6.45, 7) is 5.25. The van der Waals surface area contributed by atoms with E-state index in [-0.39, 0.29) is 0 Å². The Hall–Kier alpha value is -0.290. The van der Waals surface area contributed by atoms with Gasteiger partial charge in [0.15, 0.2) is 5.13 Å². The van der Waals surface area contributed by atoms with Crippen LogP contribution in [-0.4, -0.2) is 11.5 Å². The Bertz CT molecular complexity index is 505. The van der Waals surface area contributed by atoms with Gasteiger partial charge in [-0.25, -0.2) is 4.98 Å². The molecule has 0 aliphatic rings. The van der Waals surface area contributed by atoms with Crippen LogP contribution in [0.3, 0.4) is 0 Å². The number of hydrogen-bond donors (Lipinski definition) is 1. The van der Waals surface area contributed by atoms with Crippen molar-refractivity contribution < 1.29 is 0 Å². The van der Waals surface area contributed by atoms with Crippen molar-refractivity contribution >= 4 is 51.0 Å². The Morgan fingerprint density at radius 2 is 2.18 bits per heavy atom. The molecule has 6 heteroatoms. The van der Waals surface area contributed by atoms with Crippen LogP contribution in [-0.2, 0) is 0 Å². The molecule has 0 unspecified atom stereocenters. The summed E-state index contributed by atoms with van der Waals surface area (Å²) in [7, 11) is 0. The lowest BCUT2D eigenvalue weighted by Crippen LogP contribution is -2.07. The number of aromatic nitrogens is 1. The normalized spacial score (nSPS) is 11.1. The Morgan fingerprint density at radius 3 is 2.76 bits per heavy atom. The number of hydrogen-bond acceptors (Lipinski definition) is 4. The molecule has 0 fully saturated rings. The molecule has 2 aromatic heterocycles. The molecular formula is C11H12Cl2N2S2. The predicted octanol–water partition coefficient (Wildman–Crippen LogP) is 5.25. The molecule has 0 saturated carbocycles. The quantitative estimate of drug-likeness (QED) is 0.835. The van der Waals surface area contributed by atoms with E-state index in [2.05, 4.69) is 24.1 Å². The third kappa shape index (κ3) is 3.35. The maximum Gasteiger partial charge on any atom is 0.183 e. The minimum Gasteiger partial charge on any atom is -0.361 e. The molecule has 0 spiro atoms. The van der Waals surface area contributed by atoms with Crippen molar-refractivity contribution in [3.8, 4) is 11.3 Å². The predicted molar refractivity (Wildman–Crippen MR) is 78.8 cm³/mol. The molecule has 0 aliphatic heterocycles. The van der Waals surface area contributed by atoms with Crippen molar-refractivity contribution in [3.05, 3.63) is 20.1 Å². The lowest BCUT2D eigenvalue weighted by Gasteiger charge is -2.04. The third-order valence-electron chi connectivity index (χ3n) is 2.10. The molecule has 0 atom stereocenters. The minimum atomic E-state index is 0.599. The van der Waals surface area contributed by atoms with Crippen LogP contribution in [0.25, 0.3) is 11.3 Å². The van der Waals surface area contributed by atoms with Gasteiger partial charge in [0.2, 0.25) is 0 Å². The topological polar surface area (TPSA) is 24.9 Å². The number of halogens is 2. The van der Waals surface area contributed by atoms with Gasteiger partial charge in [-0.1, -0.05) is 37.0 Å². The molecule has 0 radical (unpaired) electrons. The number of nitrogens with zero attached hydrogens (tertiary/aromatic N) is 1. The largest absolute Gasteiger partial charge is 0.361 e. The zero-order valence-electron chi connectivity index (χ0n) is 9.46. The fourth-order valence-electron chi connectivity index (χ4n) is 1.28. The summed E-state index contributed by atoms with van der Waals surface area (Å²) in [6, 6.07) is 1.86. The lowest BCUT2D eigenvalue weighted by atomic mass is 10.2. The van der Waals surface area contributed by atoms with Gasteiger partial charge in [0.1, 0.15) is 4.34 Å². The highest BCUT2D eigenvalue weighted by Gasteiger charge is 2.11. The van der Waals surface area contributed by atoms with Crippen molar-refractivity contribution in [2.45, 2.75) is 13.8 Å². The van der Waals surface area contributed by atoms with Gasteiger partial charge >= 0.3 is 0 Å². The first-order valence-electron chi connectivity index (χ1n) is 5.21. The smallest absolute Gasteiger partial charge is 0.183 e. The van der Waals surface area contributed by atoms with Crippen LogP contribution in [0.15, 0.2) is 11.4 Å². The molecule has 0 aliphatic carbocycles. The highest BCUT2D eigenvalue weighted by Crippen LogP contribution is 2.38. The highest BCUT2D eigenvalue weighted by atomic mass is 35.5. The summed E-state index contributed by atoms with van der Waals surface area (Å²) in [5.74, 6) is 0.599. The summed E-state index contributed by atoms with van der Waals surface area (Å²) in [5.41, 5.74) is 1.80. The van der Waals surface area contributed by atoms with E-state index < -0.39 is 0 Å². The summed E-state index contributed by atoms with van der Waals surface area (Å²) >= 11 is 15.0. The van der Waals surface area contributed by atoms with Gasteiger partial charge < -0.3 is 5.32 Å². The molecule has 0 aromatic carbocycles. The van der Waals surface area contributed by atoms with Gasteiger partial charge in [-0.05, 0) is 12.0 Å². The van der Waals surface area contributed by atoms with E-state index in [4.69, 9.17) is 23.2 Å². The summed E-state index contributed by atoms with van der Waals surface area (Å²) in [4.78, 5) is 4.50. The van der Waals surface area contributed by atoms with Crippen molar-refractivity contribution in [1.29, 1.82) is 0 Å². The molecule has 2 heterocycles. The van der Waals surface area contributed by atoms with Gasteiger partial charge in [0.05, 0.1) is 10.0 Å². The van der Waals surface area contributed by atoms with Gasteiger partial charge in [0.25, 0.3) is 0 Å². The standard InChI is InChI=1S/C11H12Cl2N2S2/c1-6(2)4-14-11-15-8(5-16-11)7-3-9(12)17-10(7)13/h3,5-6H,4H2,1-2H3,(H,14,15). The zero-order chi connectivity index (χ0) is 12.4. The number of rotatable bonds is 4. The van der Waals surface area contributed by atoms with Gasteiger partial charge in [0, 0.05) is 17.5 Å². The molecule has 17 heavy (non-hydrogen) atoms. The maximum atomic E-state index is 6.09. The Balaban J connectivity index is 2.15. The van der Waals surface area contributed by atoms with Crippen LogP contribution in [0, 0.1) is 5.92 Å². The Morgan fingerprint density at radius 1 is 1.41 bits per heavy atom. The monoisotopic (exact) mass is 306 g/mol. The zero-order valence-corrected chi connectivity index (χ0v) is 12.6. The van der Waals surface area contributed by atoms with Crippen LogP contribution in [0.1, 0.15) is 13.8 Å². The highest BCUT2D eigenvalue weighted by molar-refractivity contribution is 7.20. The number of thiophene rings is 1. The molecular weight excluding hydrogens is 295 g/mol. The first kappa shape index (κ1) is 13.1. The molecule has 92 valence electrons. The minimum absolute atomic E-state index is 0.599. The summed E-state index contributed by atoms with van der Waals surface area (Å²) < 4.78 is 1.38. The lowest BCUT2D eigenvalue weighted by molar-refractivity contribution is 0.688. The van der Waals surface area contributed by atoms with E-state index in [1.807, 2.05) is 11.4 Å². The van der Waals surface area contributed by atoms with E-state index >= 15 is 0 Å². The molecule has 2 aromatic rings. The number of anilines is 1. The van der Waals surface area contributed by atoms with Crippen molar-refractivity contribution in [1.82, 2.24) is 4.98 Å². The molecule has 2 nitrogen and oxygen atoms in total. The number of nitrogens with one attached hydrogen (secondary N) is 1. The summed E-state index contributed by atoms with van der Waals surface area (Å²) in [5, 5.41) is 6.21. The fraction of sp³-hybridized carbons (Fsp3) is 0.364. The second-order valence-electron chi connectivity index (χ2n) is 4.05. The van der Waals surface area contributed by atoms with Crippen molar-refractivity contribution in [2.24, 2.45) is 5.92 Å². The van der Waals surface area contributed by atoms with Crippen LogP contribution in [0.2, 0.25) is 8.67 Å². The first-order chi connectivity index (χ1) is 8.06. The molecule has 1 N–H and O–H groups in total. The average Bonchev–Trinajstić information content (AvgIpc) is 2.82. The van der Waals surface area contributed by atoms with Crippen LogP contribution in [0.4, 0.5) is 5.13 Å². The second-order valence-corrected chi connectivity index (χ2v) is 7.19. The van der Waals surface area contributed by atoms with E-state index in [9.17, 15) is 0 Å². The Kier molecular flexibility index (Phi) is 4.31. The van der Waals surface area contributed by atoms with Gasteiger partial charge in [-0.15, -0.1) is 22.7 Å². The Labute approximate surface area is 119 Å². The van der Waals surface area contributed by atoms with Gasteiger partial charge in [-0.2, -0.15) is 0 Å². The molecule has 0 bridgehead atoms. The van der Waals surface area contributed by atoms with E-state index in [0.717, 1.165) is 22.9 Å². The van der Waals surface area contributed by atoms with E-state index in [0.29, 0.717) is 14.6 Å². The average molecular weight is 307 g/mol. The maximum absolute atomic E-state index is 6.09. The van der Waals surface area contributed by atoms with E-state index in [1.54, 1.807) is 11.3 Å². The first-order valence-corrected chi connectivity index (χ1v) is 7.66. The number of thiazole rings is 1. The molecule has 0 amide bonds. The van der Waals surface area contributed by atoms with Crippen LogP contribution in [0.5, 0.6) is 0 Å². The molecule has 2 rings (SSSR count). The third-order valence-corrected chi connectivity index (χ3v) is 4.39. The van der Waals surface area contributed by atoms with Crippen molar-refractivity contribution in [3.63, 3.8) is 0 Å². The van der Waals surface area contributed by atoms with E-state index in [1.165, 1.54) is 11.3 Å². The van der Waals surface area contributed by atoms with Crippen LogP contribution >= 0.6 is 45.9 Å². The van der Waals surface area contributed by atoms with Crippen LogP contribution < -0.4 is 5.32 Å². The SMILES string of the molecule is CC(C)CNc1nc(-c2cc(Cl)sc2Cl)cs1. The second kappa shape index (κ2) is 5.57.